The molecule has 4 rings (SSSR count). The summed E-state index contributed by atoms with van der Waals surface area (Å²) < 4.78 is 82.4. The minimum Gasteiger partial charge on any atom is -0.493 e. The molecule has 1 aliphatic rings. The highest BCUT2D eigenvalue weighted by Gasteiger charge is 2.70. The maximum atomic E-state index is 13.7. The number of halogens is 7. The third kappa shape index (κ3) is 6.45. The lowest BCUT2D eigenvalue weighted by Gasteiger charge is -2.43. The van der Waals surface area contributed by atoms with E-state index in [1.807, 2.05) is 13.0 Å². The highest BCUT2D eigenvalue weighted by Crippen LogP contribution is 2.45. The van der Waals surface area contributed by atoms with E-state index < -0.39 is 42.9 Å². The number of hydrogen-bond acceptors (Lipinski definition) is 4. The van der Waals surface area contributed by atoms with Gasteiger partial charge in [0, 0.05) is 41.3 Å². The zero-order valence-electron chi connectivity index (χ0n) is 22.9. The Morgan fingerprint density at radius 2 is 1.53 bits per heavy atom. The Bertz CT molecular complexity index is 1450. The Balaban J connectivity index is 1.54. The van der Waals surface area contributed by atoms with Crippen LogP contribution >= 0.6 is 11.6 Å². The van der Waals surface area contributed by atoms with Gasteiger partial charge in [-0.25, -0.2) is 0 Å². The van der Waals surface area contributed by atoms with Crippen molar-refractivity contribution in [2.45, 2.75) is 56.7 Å². The average molecular weight is 629 g/mol. The summed E-state index contributed by atoms with van der Waals surface area (Å²) in [7, 11) is 0. The van der Waals surface area contributed by atoms with Crippen LogP contribution in [-0.2, 0) is 4.79 Å². The van der Waals surface area contributed by atoms with E-state index in [9.17, 15) is 41.0 Å². The summed E-state index contributed by atoms with van der Waals surface area (Å²) in [5.74, 6) is -0.696. The predicted octanol–water partition coefficient (Wildman–Crippen LogP) is 7.50. The molecule has 230 valence electrons. The van der Waals surface area contributed by atoms with Gasteiger partial charge in [-0.1, -0.05) is 29.8 Å². The smallest absolute Gasteiger partial charge is 0.426 e. The molecule has 0 aromatic heterocycles. The first-order chi connectivity index (χ1) is 20.0. The van der Waals surface area contributed by atoms with E-state index in [2.05, 4.69) is 0 Å². The molecule has 2 amide bonds. The van der Waals surface area contributed by atoms with Crippen molar-refractivity contribution in [3.05, 3.63) is 88.9 Å². The summed E-state index contributed by atoms with van der Waals surface area (Å²) in [6.45, 7) is 2.21. The first kappa shape index (κ1) is 32.2. The molecule has 1 aliphatic heterocycles. The Morgan fingerprint density at radius 1 is 0.953 bits per heavy atom. The highest BCUT2D eigenvalue weighted by atomic mass is 35.5. The molecule has 6 nitrogen and oxygen atoms in total. The van der Waals surface area contributed by atoms with Crippen LogP contribution < -0.4 is 14.5 Å². The Labute approximate surface area is 248 Å². The summed E-state index contributed by atoms with van der Waals surface area (Å²) in [6, 6.07) is 18.4. The molecule has 0 radical (unpaired) electrons. The van der Waals surface area contributed by atoms with Crippen molar-refractivity contribution < 1.29 is 45.8 Å². The quantitative estimate of drug-likeness (QED) is 0.275. The maximum absolute atomic E-state index is 13.7. The van der Waals surface area contributed by atoms with Crippen molar-refractivity contribution in [2.24, 2.45) is 0 Å². The zero-order chi connectivity index (χ0) is 31.7. The molecule has 0 saturated carbocycles. The summed E-state index contributed by atoms with van der Waals surface area (Å²) in [6.07, 6.45) is -13.3. The fraction of sp³-hybridized carbons (Fsp3) is 0.333. The Kier molecular flexibility index (Phi) is 9.03. The number of carbonyl (C=O) groups is 2. The van der Waals surface area contributed by atoms with Crippen molar-refractivity contribution in [1.82, 2.24) is 0 Å². The molecule has 0 aliphatic carbocycles. The van der Waals surface area contributed by atoms with Gasteiger partial charge < -0.3 is 19.6 Å². The normalized spacial score (nSPS) is 17.3. The first-order valence-corrected chi connectivity index (χ1v) is 13.5. The van der Waals surface area contributed by atoms with Crippen LogP contribution in [0.3, 0.4) is 0 Å². The SMILES string of the molecule is CC(=O)N(c1ccc(Cl)cc1)C1CC(C)N(C(=O)c2ccc(OCCC(O)(C(F)(F)F)C(F)(F)F)cc2)c2ccccc21. The lowest BCUT2D eigenvalue weighted by molar-refractivity contribution is -0.370. The number of rotatable bonds is 7. The van der Waals surface area contributed by atoms with E-state index in [0.717, 1.165) is 5.56 Å². The largest absolute Gasteiger partial charge is 0.493 e. The number of ether oxygens (including phenoxy) is 1. The number of para-hydroxylation sites is 1. The summed E-state index contributed by atoms with van der Waals surface area (Å²) in [5.41, 5.74) is -2.77. The fourth-order valence-electron chi connectivity index (χ4n) is 5.11. The number of benzene rings is 3. The van der Waals surface area contributed by atoms with Crippen LogP contribution in [0.1, 0.15) is 48.7 Å². The zero-order valence-corrected chi connectivity index (χ0v) is 23.7. The van der Waals surface area contributed by atoms with Crippen LogP contribution in [0.2, 0.25) is 5.02 Å². The molecule has 0 saturated heterocycles. The van der Waals surface area contributed by atoms with Crippen LogP contribution in [-0.4, -0.2) is 47.5 Å². The van der Waals surface area contributed by atoms with E-state index in [1.165, 1.54) is 31.2 Å². The van der Waals surface area contributed by atoms with Crippen LogP contribution in [0.25, 0.3) is 0 Å². The Morgan fingerprint density at radius 3 is 2.09 bits per heavy atom. The van der Waals surface area contributed by atoms with Gasteiger partial charge in [-0.05, 0) is 73.5 Å². The molecular weight excluding hydrogens is 602 g/mol. The van der Waals surface area contributed by atoms with Gasteiger partial charge in [-0.2, -0.15) is 26.3 Å². The summed E-state index contributed by atoms with van der Waals surface area (Å²) in [5, 5.41) is 9.80. The lowest BCUT2D eigenvalue weighted by atomic mass is 9.89. The number of hydrogen-bond donors (Lipinski definition) is 1. The van der Waals surface area contributed by atoms with Gasteiger partial charge in [0.2, 0.25) is 5.91 Å². The number of nitrogens with zero attached hydrogens (tertiary/aromatic N) is 2. The van der Waals surface area contributed by atoms with Crippen LogP contribution in [0.4, 0.5) is 37.7 Å². The molecule has 0 spiro atoms. The minimum absolute atomic E-state index is 0.0875. The van der Waals surface area contributed by atoms with Gasteiger partial charge in [-0.3, -0.25) is 9.59 Å². The molecule has 2 unspecified atom stereocenters. The molecule has 0 fully saturated rings. The van der Waals surface area contributed by atoms with E-state index in [1.54, 1.807) is 52.3 Å². The molecule has 1 heterocycles. The second kappa shape index (κ2) is 12.1. The number of aliphatic hydroxyl groups is 1. The van der Waals surface area contributed by atoms with E-state index in [4.69, 9.17) is 16.3 Å². The van der Waals surface area contributed by atoms with Gasteiger partial charge in [0.15, 0.2) is 0 Å². The maximum Gasteiger partial charge on any atom is 0.426 e. The van der Waals surface area contributed by atoms with E-state index in [0.29, 0.717) is 22.8 Å². The monoisotopic (exact) mass is 628 g/mol. The number of carbonyl (C=O) groups excluding carboxylic acids is 2. The van der Waals surface area contributed by atoms with Gasteiger partial charge in [0.05, 0.1) is 12.6 Å². The van der Waals surface area contributed by atoms with Gasteiger partial charge >= 0.3 is 12.4 Å². The third-order valence-electron chi connectivity index (χ3n) is 7.31. The molecule has 2 atom stereocenters. The molecule has 3 aromatic rings. The van der Waals surface area contributed by atoms with Gasteiger partial charge in [0.25, 0.3) is 11.5 Å². The first-order valence-electron chi connectivity index (χ1n) is 13.1. The second-order valence-electron chi connectivity index (χ2n) is 10.2. The van der Waals surface area contributed by atoms with Crippen molar-refractivity contribution in [3.63, 3.8) is 0 Å². The average Bonchev–Trinajstić information content (AvgIpc) is 2.93. The topological polar surface area (TPSA) is 70.1 Å². The fourth-order valence-corrected chi connectivity index (χ4v) is 5.24. The Hall–Kier alpha value is -3.77. The standard InChI is InChI=1S/C30H27ClF6N2O4/c1-18-17-26(39(19(2)40)22-11-9-21(31)10-12-22)24-5-3-4-6-25(24)38(18)27(41)20-7-13-23(14-8-20)43-16-15-28(42,29(32,33)34)30(35,36)37/h3-14,18,26,42H,15-17H2,1-2H3. The van der Waals surface area contributed by atoms with Crippen molar-refractivity contribution in [2.75, 3.05) is 16.4 Å². The predicted molar refractivity (Wildman–Crippen MR) is 148 cm³/mol. The highest BCUT2D eigenvalue weighted by molar-refractivity contribution is 6.30. The molecule has 0 bridgehead atoms. The minimum atomic E-state index is -5.94. The van der Waals surface area contributed by atoms with Crippen molar-refractivity contribution in [1.29, 1.82) is 0 Å². The molecule has 1 N–H and O–H groups in total. The van der Waals surface area contributed by atoms with Crippen molar-refractivity contribution in [3.8, 4) is 5.75 Å². The van der Waals surface area contributed by atoms with Crippen LogP contribution in [0, 0.1) is 0 Å². The lowest BCUT2D eigenvalue weighted by Crippen LogP contribution is -2.57. The van der Waals surface area contributed by atoms with Crippen LogP contribution in [0.5, 0.6) is 5.75 Å². The second-order valence-corrected chi connectivity index (χ2v) is 10.6. The molecular formula is C30H27ClF6N2O4. The molecule has 43 heavy (non-hydrogen) atoms. The van der Waals surface area contributed by atoms with E-state index >= 15 is 0 Å². The number of amides is 2. The summed E-state index contributed by atoms with van der Waals surface area (Å²) in [4.78, 5) is 29.7. The van der Waals surface area contributed by atoms with Gasteiger partial charge in [-0.15, -0.1) is 0 Å². The molecule has 3 aromatic carbocycles. The summed E-state index contributed by atoms with van der Waals surface area (Å²) >= 11 is 6.04. The third-order valence-corrected chi connectivity index (χ3v) is 7.56. The number of alkyl halides is 6. The van der Waals surface area contributed by atoms with E-state index in [-0.39, 0.29) is 23.3 Å². The number of anilines is 2. The van der Waals surface area contributed by atoms with Crippen LogP contribution in [0.15, 0.2) is 72.8 Å². The van der Waals surface area contributed by atoms with Gasteiger partial charge in [0.1, 0.15) is 5.75 Å². The number of fused-ring (bicyclic) bond motifs is 1. The molecule has 13 heteroatoms. The van der Waals surface area contributed by atoms with Crippen molar-refractivity contribution >= 4 is 34.8 Å².